The molecule has 0 radical (unpaired) electrons. The van der Waals surface area contributed by atoms with Crippen molar-refractivity contribution in [3.63, 3.8) is 0 Å². The van der Waals surface area contributed by atoms with E-state index in [1.165, 1.54) is 21.8 Å². The highest BCUT2D eigenvalue weighted by Crippen LogP contribution is 2.19. The third kappa shape index (κ3) is 3.89. The number of hydrogen-bond donors (Lipinski definition) is 0. The van der Waals surface area contributed by atoms with Gasteiger partial charge in [0, 0.05) is 35.6 Å². The Hall–Kier alpha value is -3.18. The van der Waals surface area contributed by atoms with Crippen LogP contribution < -0.4 is 5.56 Å². The number of esters is 1. The topological polar surface area (TPSA) is 89.4 Å². The number of ether oxygens (including phenoxy) is 1. The van der Waals surface area contributed by atoms with Gasteiger partial charge in [-0.05, 0) is 38.0 Å². The number of fused-ring (bicyclic) bond motifs is 1. The highest BCUT2D eigenvalue weighted by Gasteiger charge is 2.15. The smallest absolute Gasteiger partial charge is 0.349 e. The minimum atomic E-state index is -0.740. The SMILES string of the molecule is CCCn1c(C)cc(/C=C(\C#N)C(=O)OCc2cc(=O)n3ccsc3n2)c1C. The van der Waals surface area contributed by atoms with Gasteiger partial charge in [0.1, 0.15) is 18.2 Å². The van der Waals surface area contributed by atoms with Crippen LogP contribution in [0.2, 0.25) is 0 Å². The van der Waals surface area contributed by atoms with Gasteiger partial charge in [0.05, 0.1) is 5.69 Å². The molecule has 0 saturated carbocycles. The van der Waals surface area contributed by atoms with Crippen LogP contribution in [0.4, 0.5) is 0 Å². The van der Waals surface area contributed by atoms with Crippen molar-refractivity contribution in [3.8, 4) is 6.07 Å². The van der Waals surface area contributed by atoms with E-state index in [1.807, 2.05) is 26.0 Å². The third-order valence-electron chi connectivity index (χ3n) is 4.41. The van der Waals surface area contributed by atoms with Gasteiger partial charge >= 0.3 is 5.97 Å². The second kappa shape index (κ2) is 8.23. The van der Waals surface area contributed by atoms with Crippen LogP contribution in [0.3, 0.4) is 0 Å². The Labute approximate surface area is 166 Å². The molecule has 0 amide bonds. The summed E-state index contributed by atoms with van der Waals surface area (Å²) in [5.41, 5.74) is 2.90. The van der Waals surface area contributed by atoms with Gasteiger partial charge in [-0.25, -0.2) is 9.78 Å². The molecule has 3 heterocycles. The molecule has 0 N–H and O–H groups in total. The number of aryl methyl sites for hydroxylation is 1. The molecule has 144 valence electrons. The molecule has 0 saturated heterocycles. The van der Waals surface area contributed by atoms with Gasteiger partial charge in [-0.1, -0.05) is 6.92 Å². The van der Waals surface area contributed by atoms with Crippen LogP contribution >= 0.6 is 11.3 Å². The van der Waals surface area contributed by atoms with Crippen molar-refractivity contribution in [3.05, 3.63) is 62.3 Å². The van der Waals surface area contributed by atoms with E-state index in [-0.39, 0.29) is 17.7 Å². The standard InChI is InChI=1S/C20H20N4O3S/c1-4-5-23-13(2)8-15(14(23)3)9-16(11-21)19(26)27-12-17-10-18(25)24-6-7-28-20(24)22-17/h6-10H,4-5,12H2,1-3H3/b16-9+. The first-order valence-electron chi connectivity index (χ1n) is 8.86. The fourth-order valence-corrected chi connectivity index (χ4v) is 3.75. The fraction of sp³-hybridized carbons (Fsp3) is 0.300. The third-order valence-corrected chi connectivity index (χ3v) is 5.16. The molecule has 0 aliphatic carbocycles. The summed E-state index contributed by atoms with van der Waals surface area (Å²) in [6.07, 6.45) is 4.17. The van der Waals surface area contributed by atoms with E-state index in [0.717, 1.165) is 29.9 Å². The summed E-state index contributed by atoms with van der Waals surface area (Å²) >= 11 is 1.32. The summed E-state index contributed by atoms with van der Waals surface area (Å²) in [7, 11) is 0. The van der Waals surface area contributed by atoms with Gasteiger partial charge in [-0.15, -0.1) is 11.3 Å². The summed E-state index contributed by atoms with van der Waals surface area (Å²) in [5.74, 6) is -0.740. The van der Waals surface area contributed by atoms with E-state index in [4.69, 9.17) is 4.74 Å². The molecule has 7 nitrogen and oxygen atoms in total. The quantitative estimate of drug-likeness (QED) is 0.362. The summed E-state index contributed by atoms with van der Waals surface area (Å²) in [6, 6.07) is 5.17. The first-order chi connectivity index (χ1) is 13.4. The van der Waals surface area contributed by atoms with Crippen LogP contribution in [0.15, 0.2) is 34.1 Å². The number of aromatic nitrogens is 3. The summed E-state index contributed by atoms with van der Waals surface area (Å²) in [5, 5.41) is 11.1. The lowest BCUT2D eigenvalue weighted by Crippen LogP contribution is -2.15. The maximum atomic E-state index is 12.4. The van der Waals surface area contributed by atoms with E-state index >= 15 is 0 Å². The highest BCUT2D eigenvalue weighted by atomic mass is 32.1. The van der Waals surface area contributed by atoms with Crippen LogP contribution in [-0.4, -0.2) is 19.9 Å². The van der Waals surface area contributed by atoms with Gasteiger partial charge in [-0.3, -0.25) is 9.20 Å². The molecule has 0 fully saturated rings. The minimum Gasteiger partial charge on any atom is -0.455 e. The number of nitrogens with zero attached hydrogens (tertiary/aromatic N) is 4. The Bertz CT molecular complexity index is 1160. The van der Waals surface area contributed by atoms with Crippen molar-refractivity contribution in [2.45, 2.75) is 40.3 Å². The second-order valence-corrected chi connectivity index (χ2v) is 7.24. The number of rotatable bonds is 6. The first-order valence-corrected chi connectivity index (χ1v) is 9.74. The molecule has 0 aliphatic rings. The average molecular weight is 396 g/mol. The predicted molar refractivity (Wildman–Crippen MR) is 107 cm³/mol. The molecule has 0 spiro atoms. The largest absolute Gasteiger partial charge is 0.455 e. The molecule has 0 aliphatic heterocycles. The van der Waals surface area contributed by atoms with Crippen LogP contribution in [-0.2, 0) is 22.7 Å². The zero-order valence-corrected chi connectivity index (χ0v) is 16.7. The summed E-state index contributed by atoms with van der Waals surface area (Å²) in [6.45, 7) is 6.76. The second-order valence-electron chi connectivity index (χ2n) is 6.37. The average Bonchev–Trinajstić information content (AvgIpc) is 3.25. The van der Waals surface area contributed by atoms with Gasteiger partial charge in [-0.2, -0.15) is 5.26 Å². The van der Waals surface area contributed by atoms with Crippen molar-refractivity contribution in [2.24, 2.45) is 0 Å². The van der Waals surface area contributed by atoms with Crippen molar-refractivity contribution in [2.75, 3.05) is 0 Å². The first kappa shape index (κ1) is 19.6. The summed E-state index contributed by atoms with van der Waals surface area (Å²) in [4.78, 5) is 29.1. The Morgan fingerprint density at radius 2 is 2.18 bits per heavy atom. The molecule has 0 bridgehead atoms. The molecule has 0 aromatic carbocycles. The number of hydrogen-bond acceptors (Lipinski definition) is 6. The van der Waals surface area contributed by atoms with E-state index < -0.39 is 5.97 Å². The fourth-order valence-electron chi connectivity index (χ4n) is 3.01. The van der Waals surface area contributed by atoms with Crippen molar-refractivity contribution in [1.29, 1.82) is 5.26 Å². The Balaban J connectivity index is 1.78. The number of carbonyl (C=O) groups excluding carboxylic acids is 1. The summed E-state index contributed by atoms with van der Waals surface area (Å²) < 4.78 is 8.79. The maximum absolute atomic E-state index is 12.4. The number of carbonyl (C=O) groups is 1. The van der Waals surface area contributed by atoms with E-state index in [0.29, 0.717) is 10.7 Å². The Morgan fingerprint density at radius 1 is 1.39 bits per heavy atom. The molecule has 28 heavy (non-hydrogen) atoms. The zero-order valence-electron chi connectivity index (χ0n) is 15.9. The highest BCUT2D eigenvalue weighted by molar-refractivity contribution is 7.15. The lowest BCUT2D eigenvalue weighted by atomic mass is 10.1. The normalized spacial score (nSPS) is 11.6. The Morgan fingerprint density at radius 3 is 2.89 bits per heavy atom. The number of nitriles is 1. The zero-order chi connectivity index (χ0) is 20.3. The van der Waals surface area contributed by atoms with Gasteiger partial charge in [0.2, 0.25) is 0 Å². The van der Waals surface area contributed by atoms with Crippen LogP contribution in [0.1, 0.15) is 36.0 Å². The van der Waals surface area contributed by atoms with E-state index in [9.17, 15) is 14.9 Å². The maximum Gasteiger partial charge on any atom is 0.349 e. The molecular weight excluding hydrogens is 376 g/mol. The lowest BCUT2D eigenvalue weighted by Gasteiger charge is -2.07. The molecule has 3 aromatic rings. The van der Waals surface area contributed by atoms with E-state index in [1.54, 1.807) is 17.7 Å². The van der Waals surface area contributed by atoms with Crippen LogP contribution in [0.5, 0.6) is 0 Å². The van der Waals surface area contributed by atoms with Crippen LogP contribution in [0.25, 0.3) is 11.0 Å². The molecule has 3 rings (SSSR count). The van der Waals surface area contributed by atoms with Crippen molar-refractivity contribution < 1.29 is 9.53 Å². The van der Waals surface area contributed by atoms with Crippen LogP contribution in [0, 0.1) is 25.2 Å². The molecule has 0 unspecified atom stereocenters. The number of thiazole rings is 1. The van der Waals surface area contributed by atoms with Crippen molar-refractivity contribution in [1.82, 2.24) is 14.0 Å². The monoisotopic (exact) mass is 396 g/mol. The molecule has 0 atom stereocenters. The molecular formula is C20H20N4O3S. The van der Waals surface area contributed by atoms with E-state index in [2.05, 4.69) is 16.5 Å². The Kier molecular flexibility index (Phi) is 5.76. The van der Waals surface area contributed by atoms with Crippen molar-refractivity contribution >= 4 is 28.3 Å². The van der Waals surface area contributed by atoms with Gasteiger partial charge in [0.15, 0.2) is 4.96 Å². The minimum absolute atomic E-state index is 0.0920. The van der Waals surface area contributed by atoms with Gasteiger partial charge < -0.3 is 9.30 Å². The van der Waals surface area contributed by atoms with Gasteiger partial charge in [0.25, 0.3) is 5.56 Å². The predicted octanol–water partition coefficient (Wildman–Crippen LogP) is 3.23. The molecule has 8 heteroatoms. The lowest BCUT2D eigenvalue weighted by molar-refractivity contribution is -0.139. The molecule has 3 aromatic heterocycles.